The van der Waals surface area contributed by atoms with E-state index >= 15 is 0 Å². The smallest absolute Gasteiger partial charge is 0.100 e. The molecule has 8 aromatic carbocycles. The highest BCUT2D eigenvalue weighted by Crippen LogP contribution is 2.49. The summed E-state index contributed by atoms with van der Waals surface area (Å²) >= 11 is 0. The van der Waals surface area contributed by atoms with Crippen LogP contribution >= 0.6 is 0 Å². The van der Waals surface area contributed by atoms with E-state index in [-0.39, 0.29) is 5.41 Å². The fourth-order valence-corrected chi connectivity index (χ4v) is 9.20. The van der Waals surface area contributed by atoms with Gasteiger partial charge in [0.1, 0.15) is 6.34 Å². The average Bonchev–Trinajstić information content (AvgIpc) is 3.87. The number of aromatic nitrogens is 2. The van der Waals surface area contributed by atoms with Gasteiger partial charge in [-0.3, -0.25) is 9.98 Å². The lowest BCUT2D eigenvalue weighted by molar-refractivity contribution is 0.660. The molecule has 1 aliphatic carbocycles. The summed E-state index contributed by atoms with van der Waals surface area (Å²) in [5.41, 5.74) is 12.3. The van der Waals surface area contributed by atoms with Crippen LogP contribution in [-0.2, 0) is 5.41 Å². The number of hydrogen-bond donors (Lipinski definition) is 1. The van der Waals surface area contributed by atoms with Gasteiger partial charge in [0, 0.05) is 50.0 Å². The maximum absolute atomic E-state index is 9.57. The minimum atomic E-state index is -0.144. The molecule has 1 aliphatic rings. The normalized spacial score (nSPS) is 13.4. The largest absolute Gasteiger partial charge is 0.316 e. The van der Waals surface area contributed by atoms with Gasteiger partial charge in [0.2, 0.25) is 0 Å². The van der Waals surface area contributed by atoms with Gasteiger partial charge < -0.3 is 4.57 Å². The van der Waals surface area contributed by atoms with Gasteiger partial charge in [0.05, 0.1) is 27.9 Å². The van der Waals surface area contributed by atoms with Gasteiger partial charge in [-0.2, -0.15) is 0 Å². The minimum absolute atomic E-state index is 0.144. The molecule has 4 heteroatoms. The fourth-order valence-electron chi connectivity index (χ4n) is 9.20. The summed E-state index contributed by atoms with van der Waals surface area (Å²) in [6.07, 6.45) is 4.13. The van der Waals surface area contributed by atoms with Crippen LogP contribution in [0.4, 0.5) is 5.69 Å². The Hall–Kier alpha value is -7.04. The monoisotopic (exact) mass is 704 g/mol. The fraction of sp³-hybridized carbons (Fsp3) is 0.0588. The van der Waals surface area contributed by atoms with Crippen molar-refractivity contribution >= 4 is 72.0 Å². The van der Waals surface area contributed by atoms with E-state index in [0.717, 1.165) is 39.1 Å². The van der Waals surface area contributed by atoms with Crippen molar-refractivity contribution in [3.63, 3.8) is 0 Å². The van der Waals surface area contributed by atoms with Gasteiger partial charge in [-0.1, -0.05) is 135 Å². The summed E-state index contributed by atoms with van der Waals surface area (Å²) in [5.74, 6) is 0. The van der Waals surface area contributed by atoms with Crippen molar-refractivity contribution in [2.75, 3.05) is 0 Å². The lowest BCUT2D eigenvalue weighted by Gasteiger charge is -2.22. The molecular weight excluding hydrogens is 669 g/mol. The highest BCUT2D eigenvalue weighted by Gasteiger charge is 2.35. The van der Waals surface area contributed by atoms with Gasteiger partial charge in [-0.15, -0.1) is 0 Å². The number of hydrogen-bond acceptors (Lipinski definition) is 2. The number of para-hydroxylation sites is 2. The first-order valence-corrected chi connectivity index (χ1v) is 18.9. The van der Waals surface area contributed by atoms with Gasteiger partial charge in [0.15, 0.2) is 0 Å². The van der Waals surface area contributed by atoms with Crippen LogP contribution in [0, 0.1) is 5.41 Å². The van der Waals surface area contributed by atoms with Crippen LogP contribution in [0.1, 0.15) is 36.1 Å². The number of fused-ring (bicyclic) bond motifs is 12. The molecule has 2 aromatic heterocycles. The first-order chi connectivity index (χ1) is 27.0. The molecule has 4 nitrogen and oxygen atoms in total. The number of nitrogens with zero attached hydrogens (tertiary/aromatic N) is 3. The second-order valence-electron chi connectivity index (χ2n) is 15.2. The third kappa shape index (κ3) is 4.58. The topological polar surface area (TPSA) is 46.1 Å². The number of benzene rings is 8. The first-order valence-electron chi connectivity index (χ1n) is 18.9. The highest BCUT2D eigenvalue weighted by atomic mass is 15.0. The van der Waals surface area contributed by atoms with E-state index in [1.807, 2.05) is 30.6 Å². The Morgan fingerprint density at radius 2 is 1.25 bits per heavy atom. The van der Waals surface area contributed by atoms with Crippen LogP contribution in [0.25, 0.3) is 71.1 Å². The SMILES string of the molecule is CC1(C)c2ccccc2-c2ccc(C(=N)c3ccccc3/N=C/n3c4cc5c(ccn5-c5ccccc5)cc4c4c5ccccc5c5ccccc5c43)cc21. The molecule has 0 fully saturated rings. The van der Waals surface area contributed by atoms with Crippen molar-refractivity contribution in [1.82, 2.24) is 9.13 Å². The zero-order valence-corrected chi connectivity index (χ0v) is 30.6. The van der Waals surface area contributed by atoms with E-state index in [1.165, 1.54) is 60.0 Å². The Labute approximate surface area is 318 Å². The van der Waals surface area contributed by atoms with E-state index in [2.05, 4.69) is 169 Å². The standard InChI is InChI=1S/C51H36N4/c1-51(2)43-22-12-10-18-37(43)38-25-24-33(29-44(38)51)49(52)41-21-11-13-23-45(41)53-31-55-47-30-46-32(26-27-54(46)34-14-4-3-5-15-34)28-42(47)48-39-19-8-6-16-35(39)36-17-7-9-20-40(36)50(48)55/h3-31,52H,1-2H3/b52-49?,53-31+. The Balaban J connectivity index is 1.12. The summed E-state index contributed by atoms with van der Waals surface area (Å²) in [4.78, 5) is 5.25. The number of nitrogens with one attached hydrogen (secondary N) is 1. The van der Waals surface area contributed by atoms with E-state index in [0.29, 0.717) is 5.71 Å². The summed E-state index contributed by atoms with van der Waals surface area (Å²) in [6, 6.07) is 58.1. The second-order valence-corrected chi connectivity index (χ2v) is 15.2. The third-order valence-corrected chi connectivity index (χ3v) is 11.9. The molecule has 0 bridgehead atoms. The zero-order valence-electron chi connectivity index (χ0n) is 30.6. The van der Waals surface area contributed by atoms with Gasteiger partial charge in [-0.05, 0) is 80.9 Å². The van der Waals surface area contributed by atoms with Crippen LogP contribution in [0.2, 0.25) is 0 Å². The Morgan fingerprint density at radius 1 is 0.582 bits per heavy atom. The number of aliphatic imine (C=N–C) groups is 1. The predicted molar refractivity (Wildman–Crippen MR) is 231 cm³/mol. The molecule has 0 saturated heterocycles. The minimum Gasteiger partial charge on any atom is -0.316 e. The summed E-state index contributed by atoms with van der Waals surface area (Å²) in [5, 5.41) is 18.0. The Bertz CT molecular complexity index is 3250. The van der Waals surface area contributed by atoms with Crippen LogP contribution in [0.15, 0.2) is 175 Å². The molecule has 10 aromatic rings. The summed E-state index contributed by atoms with van der Waals surface area (Å²) < 4.78 is 4.54. The van der Waals surface area contributed by atoms with Crippen LogP contribution in [0.5, 0.6) is 0 Å². The Morgan fingerprint density at radius 3 is 2.09 bits per heavy atom. The quantitative estimate of drug-likeness (QED) is 0.105. The maximum atomic E-state index is 9.57. The molecule has 0 unspecified atom stereocenters. The van der Waals surface area contributed by atoms with Gasteiger partial charge in [0.25, 0.3) is 0 Å². The van der Waals surface area contributed by atoms with E-state index < -0.39 is 0 Å². The molecule has 260 valence electrons. The van der Waals surface area contributed by atoms with E-state index in [1.54, 1.807) is 0 Å². The maximum Gasteiger partial charge on any atom is 0.100 e. The lowest BCUT2D eigenvalue weighted by Crippen LogP contribution is -2.15. The van der Waals surface area contributed by atoms with Crippen molar-refractivity contribution in [3.8, 4) is 16.8 Å². The van der Waals surface area contributed by atoms with Crippen molar-refractivity contribution in [2.24, 2.45) is 4.99 Å². The highest BCUT2D eigenvalue weighted by molar-refractivity contribution is 6.33. The van der Waals surface area contributed by atoms with E-state index in [9.17, 15) is 5.41 Å². The molecule has 55 heavy (non-hydrogen) atoms. The van der Waals surface area contributed by atoms with Gasteiger partial charge in [-0.25, -0.2) is 4.99 Å². The third-order valence-electron chi connectivity index (χ3n) is 11.9. The predicted octanol–water partition coefficient (Wildman–Crippen LogP) is 13.0. The Kier molecular flexibility index (Phi) is 6.71. The number of rotatable bonds is 5. The van der Waals surface area contributed by atoms with Crippen LogP contribution in [-0.4, -0.2) is 21.2 Å². The lowest BCUT2D eigenvalue weighted by atomic mass is 9.81. The molecule has 0 aliphatic heterocycles. The van der Waals surface area contributed by atoms with Crippen molar-refractivity contribution in [2.45, 2.75) is 19.3 Å². The zero-order chi connectivity index (χ0) is 36.8. The molecular formula is C51H36N4. The van der Waals surface area contributed by atoms with E-state index in [4.69, 9.17) is 4.99 Å². The second kappa shape index (κ2) is 11.7. The summed E-state index contributed by atoms with van der Waals surface area (Å²) in [6.45, 7) is 4.57. The van der Waals surface area contributed by atoms with Gasteiger partial charge >= 0.3 is 0 Å². The molecule has 11 rings (SSSR count). The summed E-state index contributed by atoms with van der Waals surface area (Å²) in [7, 11) is 0. The van der Waals surface area contributed by atoms with Crippen molar-refractivity contribution in [1.29, 1.82) is 5.41 Å². The molecule has 0 radical (unpaired) electrons. The molecule has 0 amide bonds. The molecule has 1 N–H and O–H groups in total. The first kappa shape index (κ1) is 31.5. The van der Waals surface area contributed by atoms with Crippen LogP contribution in [0.3, 0.4) is 0 Å². The molecule has 0 atom stereocenters. The molecule has 0 spiro atoms. The average molecular weight is 705 g/mol. The van der Waals surface area contributed by atoms with Crippen LogP contribution < -0.4 is 0 Å². The molecule has 0 saturated carbocycles. The molecule has 2 heterocycles. The van der Waals surface area contributed by atoms with Crippen molar-refractivity contribution < 1.29 is 0 Å². The van der Waals surface area contributed by atoms with Crippen molar-refractivity contribution in [3.05, 3.63) is 192 Å².